The summed E-state index contributed by atoms with van der Waals surface area (Å²) >= 11 is 0. The Kier molecular flexibility index (Phi) is 5.98. The Balaban J connectivity index is 2.04. The van der Waals surface area contributed by atoms with Gasteiger partial charge in [0.15, 0.2) is 0 Å². The van der Waals surface area contributed by atoms with E-state index < -0.39 is 11.8 Å². The topological polar surface area (TPSA) is 64.7 Å². The van der Waals surface area contributed by atoms with Crippen LogP contribution < -0.4 is 15.5 Å². The highest BCUT2D eigenvalue weighted by atomic mass is 16.2. The number of carbonyl (C=O) groups excluding carboxylic acids is 2. The average Bonchev–Trinajstić information content (AvgIpc) is 2.93. The van der Waals surface area contributed by atoms with Gasteiger partial charge in [-0.25, -0.2) is 0 Å². The van der Waals surface area contributed by atoms with E-state index in [1.807, 2.05) is 19.0 Å². The van der Waals surface area contributed by atoms with Gasteiger partial charge in [-0.2, -0.15) is 0 Å². The van der Waals surface area contributed by atoms with Crippen LogP contribution in [-0.2, 0) is 16.0 Å². The second-order valence-corrected chi connectivity index (χ2v) is 6.25. The first-order chi connectivity index (χ1) is 11.4. The zero-order chi connectivity index (χ0) is 17.7. The third-order valence-electron chi connectivity index (χ3n) is 4.31. The Morgan fingerprint density at radius 2 is 2.04 bits per heavy atom. The van der Waals surface area contributed by atoms with Gasteiger partial charge < -0.3 is 20.4 Å². The normalized spacial score (nSPS) is 14.2. The standard InChI is InChI=1S/C18H26N4O2/c1-5-9-19-17(23)18(24)20-12-16(21(2)3)13-6-7-15-14(11-13)8-10-22(15)4/h5-7,11,16H,1,8-10,12H2,2-4H3,(H,19,23)(H,20,24). The molecule has 0 fully saturated rings. The van der Waals surface area contributed by atoms with Crippen LogP contribution in [0.2, 0.25) is 0 Å². The van der Waals surface area contributed by atoms with Crippen molar-refractivity contribution < 1.29 is 9.59 Å². The molecule has 130 valence electrons. The number of amides is 2. The summed E-state index contributed by atoms with van der Waals surface area (Å²) in [6.07, 6.45) is 2.57. The Morgan fingerprint density at radius 3 is 2.71 bits per heavy atom. The van der Waals surface area contributed by atoms with E-state index >= 15 is 0 Å². The molecule has 1 atom stereocenters. The van der Waals surface area contributed by atoms with Crippen LogP contribution in [0.1, 0.15) is 17.2 Å². The summed E-state index contributed by atoms with van der Waals surface area (Å²) in [5.74, 6) is -1.26. The van der Waals surface area contributed by atoms with E-state index in [9.17, 15) is 9.59 Å². The monoisotopic (exact) mass is 330 g/mol. The second kappa shape index (κ2) is 7.97. The zero-order valence-corrected chi connectivity index (χ0v) is 14.6. The van der Waals surface area contributed by atoms with Gasteiger partial charge in [0, 0.05) is 32.4 Å². The lowest BCUT2D eigenvalue weighted by molar-refractivity contribution is -0.139. The van der Waals surface area contributed by atoms with Crippen LogP contribution in [0.15, 0.2) is 30.9 Å². The molecule has 0 saturated heterocycles. The van der Waals surface area contributed by atoms with Crippen molar-refractivity contribution >= 4 is 17.5 Å². The maximum atomic E-state index is 11.9. The lowest BCUT2D eigenvalue weighted by Gasteiger charge is -2.25. The maximum absolute atomic E-state index is 11.9. The van der Waals surface area contributed by atoms with Crippen molar-refractivity contribution in [2.24, 2.45) is 0 Å². The largest absolute Gasteiger partial charge is 0.374 e. The summed E-state index contributed by atoms with van der Waals surface area (Å²) < 4.78 is 0. The van der Waals surface area contributed by atoms with Crippen molar-refractivity contribution in [1.82, 2.24) is 15.5 Å². The molecule has 0 saturated carbocycles. The van der Waals surface area contributed by atoms with Crippen molar-refractivity contribution in [2.45, 2.75) is 12.5 Å². The highest BCUT2D eigenvalue weighted by molar-refractivity contribution is 6.35. The predicted octanol–water partition coefficient (Wildman–Crippen LogP) is 0.700. The molecule has 1 aromatic carbocycles. The van der Waals surface area contributed by atoms with Crippen LogP contribution in [0.25, 0.3) is 0 Å². The number of anilines is 1. The fourth-order valence-electron chi connectivity index (χ4n) is 2.91. The highest BCUT2D eigenvalue weighted by Crippen LogP contribution is 2.30. The molecule has 2 N–H and O–H groups in total. The van der Waals surface area contributed by atoms with Gasteiger partial charge in [-0.1, -0.05) is 18.2 Å². The SMILES string of the molecule is C=CCNC(=O)C(=O)NCC(c1ccc2c(c1)CCN2C)N(C)C. The molecular weight excluding hydrogens is 304 g/mol. The molecule has 1 unspecified atom stereocenters. The van der Waals surface area contributed by atoms with E-state index in [0.29, 0.717) is 6.54 Å². The molecule has 2 rings (SSSR count). The zero-order valence-electron chi connectivity index (χ0n) is 14.6. The number of hydrogen-bond donors (Lipinski definition) is 2. The number of nitrogens with one attached hydrogen (secondary N) is 2. The van der Waals surface area contributed by atoms with Gasteiger partial charge in [-0.05, 0) is 37.7 Å². The molecule has 6 heteroatoms. The molecule has 0 spiro atoms. The molecule has 6 nitrogen and oxygen atoms in total. The van der Waals surface area contributed by atoms with E-state index in [4.69, 9.17) is 0 Å². The van der Waals surface area contributed by atoms with E-state index in [1.165, 1.54) is 17.3 Å². The summed E-state index contributed by atoms with van der Waals surface area (Å²) in [6, 6.07) is 6.44. The van der Waals surface area contributed by atoms with Gasteiger partial charge in [0.25, 0.3) is 0 Å². The van der Waals surface area contributed by atoms with E-state index in [-0.39, 0.29) is 12.6 Å². The highest BCUT2D eigenvalue weighted by Gasteiger charge is 2.21. The van der Waals surface area contributed by atoms with Gasteiger partial charge in [-0.15, -0.1) is 6.58 Å². The van der Waals surface area contributed by atoms with Crippen LogP contribution >= 0.6 is 0 Å². The minimum absolute atomic E-state index is 0.0114. The number of carbonyl (C=O) groups is 2. The van der Waals surface area contributed by atoms with E-state index in [2.05, 4.69) is 47.4 Å². The molecule has 1 aliphatic heterocycles. The van der Waals surface area contributed by atoms with Crippen molar-refractivity contribution in [2.75, 3.05) is 45.7 Å². The molecule has 1 heterocycles. The molecular formula is C18H26N4O2. The average molecular weight is 330 g/mol. The second-order valence-electron chi connectivity index (χ2n) is 6.25. The molecule has 1 aliphatic rings. The summed E-state index contributed by atoms with van der Waals surface area (Å²) in [4.78, 5) is 27.8. The number of hydrogen-bond acceptors (Lipinski definition) is 4. The molecule has 0 bridgehead atoms. The lowest BCUT2D eigenvalue weighted by atomic mass is 10.0. The molecule has 0 radical (unpaired) electrons. The molecule has 24 heavy (non-hydrogen) atoms. The third kappa shape index (κ3) is 4.14. The molecule has 2 amide bonds. The molecule has 1 aromatic rings. The van der Waals surface area contributed by atoms with Gasteiger partial charge in [-0.3, -0.25) is 9.59 Å². The van der Waals surface area contributed by atoms with Crippen LogP contribution in [-0.4, -0.2) is 57.5 Å². The van der Waals surface area contributed by atoms with Crippen LogP contribution in [0, 0.1) is 0 Å². The Morgan fingerprint density at radius 1 is 1.33 bits per heavy atom. The Bertz CT molecular complexity index is 627. The lowest BCUT2D eigenvalue weighted by Crippen LogP contribution is -2.43. The predicted molar refractivity (Wildman–Crippen MR) is 96.1 cm³/mol. The summed E-state index contributed by atoms with van der Waals surface area (Å²) in [5, 5.41) is 5.19. The number of benzene rings is 1. The van der Waals surface area contributed by atoms with Gasteiger partial charge >= 0.3 is 11.8 Å². The van der Waals surface area contributed by atoms with Crippen LogP contribution in [0.5, 0.6) is 0 Å². The van der Waals surface area contributed by atoms with E-state index in [0.717, 1.165) is 18.5 Å². The molecule has 0 aliphatic carbocycles. The van der Waals surface area contributed by atoms with Crippen LogP contribution in [0.3, 0.4) is 0 Å². The van der Waals surface area contributed by atoms with E-state index in [1.54, 1.807) is 0 Å². The van der Waals surface area contributed by atoms with Gasteiger partial charge in [0.05, 0.1) is 6.04 Å². The first-order valence-electron chi connectivity index (χ1n) is 8.11. The quantitative estimate of drug-likeness (QED) is 0.595. The number of fused-ring (bicyclic) bond motifs is 1. The number of rotatable bonds is 6. The first kappa shape index (κ1) is 18.0. The maximum Gasteiger partial charge on any atom is 0.309 e. The minimum Gasteiger partial charge on any atom is -0.374 e. The number of likely N-dealkylation sites (N-methyl/N-ethyl adjacent to an activating group) is 2. The van der Waals surface area contributed by atoms with Crippen molar-refractivity contribution in [3.05, 3.63) is 42.0 Å². The minimum atomic E-state index is -0.636. The third-order valence-corrected chi connectivity index (χ3v) is 4.31. The summed E-state index contributed by atoms with van der Waals surface area (Å²) in [7, 11) is 6.03. The van der Waals surface area contributed by atoms with Crippen molar-refractivity contribution in [3.8, 4) is 0 Å². The van der Waals surface area contributed by atoms with Crippen molar-refractivity contribution in [1.29, 1.82) is 0 Å². The Labute approximate surface area is 143 Å². The first-order valence-corrected chi connectivity index (χ1v) is 8.11. The van der Waals surface area contributed by atoms with Crippen molar-refractivity contribution in [3.63, 3.8) is 0 Å². The Hall–Kier alpha value is -2.34. The van der Waals surface area contributed by atoms with Crippen LogP contribution in [0.4, 0.5) is 5.69 Å². The van der Waals surface area contributed by atoms with Gasteiger partial charge in [0.1, 0.15) is 0 Å². The summed E-state index contributed by atoms with van der Waals surface area (Å²) in [5.41, 5.74) is 3.74. The molecule has 0 aromatic heterocycles. The van der Waals surface area contributed by atoms with Gasteiger partial charge in [0.2, 0.25) is 0 Å². The smallest absolute Gasteiger partial charge is 0.309 e. The fraction of sp³-hybridized carbons (Fsp3) is 0.444. The number of nitrogens with zero attached hydrogens (tertiary/aromatic N) is 2. The summed E-state index contributed by atoms with van der Waals surface area (Å²) in [6.45, 7) is 5.20. The fourth-order valence-corrected chi connectivity index (χ4v) is 2.91.